The molecule has 0 saturated carbocycles. The van der Waals surface area contributed by atoms with Crippen molar-refractivity contribution in [2.45, 2.75) is 24.3 Å². The number of carbonyl (C=O) groups is 2. The molecule has 0 saturated heterocycles. The number of esters is 1. The van der Waals surface area contributed by atoms with E-state index in [1.54, 1.807) is 0 Å². The molecule has 7 nitrogen and oxygen atoms in total. The third-order valence-electron chi connectivity index (χ3n) is 2.99. The van der Waals surface area contributed by atoms with Gasteiger partial charge >= 0.3 is 11.9 Å². The van der Waals surface area contributed by atoms with Crippen molar-refractivity contribution in [2.24, 2.45) is 0 Å². The zero-order chi connectivity index (χ0) is 16.6. The lowest BCUT2D eigenvalue weighted by Crippen LogP contribution is -2.50. The SMILES string of the molecule is COC(=O)c1cc(S(=O)(=O)N(C)C(C)(C)C(=O)O)c(Br)s1. The highest BCUT2D eigenvalue weighted by atomic mass is 79.9. The van der Waals surface area contributed by atoms with Crippen molar-refractivity contribution in [3.63, 3.8) is 0 Å². The van der Waals surface area contributed by atoms with Gasteiger partial charge < -0.3 is 9.84 Å². The molecule has 0 bridgehead atoms. The molecule has 21 heavy (non-hydrogen) atoms. The number of aliphatic carboxylic acids is 1. The second-order valence-electron chi connectivity index (χ2n) is 4.58. The van der Waals surface area contributed by atoms with Crippen LogP contribution in [0.1, 0.15) is 23.5 Å². The van der Waals surface area contributed by atoms with Crippen LogP contribution in [-0.2, 0) is 19.6 Å². The number of rotatable bonds is 5. The summed E-state index contributed by atoms with van der Waals surface area (Å²) in [5.74, 6) is -1.95. The molecule has 0 fully saturated rings. The minimum absolute atomic E-state index is 0.101. The summed E-state index contributed by atoms with van der Waals surface area (Å²) in [6, 6.07) is 1.16. The van der Waals surface area contributed by atoms with Crippen molar-refractivity contribution in [3.05, 3.63) is 14.7 Å². The summed E-state index contributed by atoms with van der Waals surface area (Å²) in [5.41, 5.74) is -1.63. The monoisotopic (exact) mass is 399 g/mol. The fourth-order valence-corrected chi connectivity index (χ4v) is 5.22. The molecule has 118 valence electrons. The Morgan fingerprint density at radius 3 is 2.38 bits per heavy atom. The van der Waals surface area contributed by atoms with Gasteiger partial charge in [-0.1, -0.05) is 0 Å². The topological polar surface area (TPSA) is 101 Å². The lowest BCUT2D eigenvalue weighted by atomic mass is 10.1. The maximum atomic E-state index is 12.5. The number of ether oxygens (including phenoxy) is 1. The number of thiophene rings is 1. The summed E-state index contributed by atoms with van der Waals surface area (Å²) >= 11 is 3.98. The summed E-state index contributed by atoms with van der Waals surface area (Å²) in [4.78, 5) is 22.6. The molecule has 10 heteroatoms. The van der Waals surface area contributed by atoms with Crippen LogP contribution in [0.4, 0.5) is 0 Å². The summed E-state index contributed by atoms with van der Waals surface area (Å²) in [7, 11) is -1.73. The number of nitrogens with zero attached hydrogens (tertiary/aromatic N) is 1. The molecule has 0 amide bonds. The number of likely N-dealkylation sites (N-methyl/N-ethyl adjacent to an activating group) is 1. The first-order chi connectivity index (χ1) is 9.46. The third kappa shape index (κ3) is 3.28. The van der Waals surface area contributed by atoms with Crippen LogP contribution < -0.4 is 0 Å². The Labute approximate surface area is 134 Å². The van der Waals surface area contributed by atoms with E-state index in [-0.39, 0.29) is 13.6 Å². The predicted molar refractivity (Wildman–Crippen MR) is 80.0 cm³/mol. The van der Waals surface area contributed by atoms with E-state index in [1.165, 1.54) is 28.0 Å². The molecule has 1 N–H and O–H groups in total. The Hall–Kier alpha value is -0.970. The normalized spacial score (nSPS) is 12.5. The van der Waals surface area contributed by atoms with Gasteiger partial charge in [0.2, 0.25) is 10.0 Å². The second-order valence-corrected chi connectivity index (χ2v) is 8.88. The van der Waals surface area contributed by atoms with Crippen LogP contribution in [0.5, 0.6) is 0 Å². The number of carboxylic acids is 1. The maximum absolute atomic E-state index is 12.5. The van der Waals surface area contributed by atoms with E-state index in [0.717, 1.165) is 21.7 Å². The first-order valence-corrected chi connectivity index (χ1v) is 8.61. The molecular weight excluding hydrogens is 386 g/mol. The number of carboxylic acid groups (broad SMARTS) is 1. The van der Waals surface area contributed by atoms with Crippen molar-refractivity contribution in [3.8, 4) is 0 Å². The zero-order valence-electron chi connectivity index (χ0n) is 11.7. The molecule has 1 aromatic rings. The van der Waals surface area contributed by atoms with Gasteiger partial charge in [-0.05, 0) is 35.8 Å². The molecule has 0 spiro atoms. The summed E-state index contributed by atoms with van der Waals surface area (Å²) < 4.78 is 30.5. The Morgan fingerprint density at radius 1 is 1.43 bits per heavy atom. The summed E-state index contributed by atoms with van der Waals surface area (Å²) in [6.45, 7) is 2.54. The zero-order valence-corrected chi connectivity index (χ0v) is 14.9. The molecule has 0 aliphatic heterocycles. The van der Waals surface area contributed by atoms with E-state index in [2.05, 4.69) is 20.7 Å². The van der Waals surface area contributed by atoms with Crippen LogP contribution in [0.15, 0.2) is 14.7 Å². The van der Waals surface area contributed by atoms with Crippen LogP contribution in [0, 0.1) is 0 Å². The summed E-state index contributed by atoms with van der Waals surface area (Å²) in [5, 5.41) is 9.13. The largest absolute Gasteiger partial charge is 0.480 e. The quantitative estimate of drug-likeness (QED) is 0.757. The average molecular weight is 400 g/mol. The van der Waals surface area contributed by atoms with Gasteiger partial charge in [-0.2, -0.15) is 4.31 Å². The van der Waals surface area contributed by atoms with Crippen LogP contribution in [0.3, 0.4) is 0 Å². The van der Waals surface area contributed by atoms with E-state index < -0.39 is 27.5 Å². The molecular formula is C11H14BrNO6S2. The van der Waals surface area contributed by atoms with Gasteiger partial charge in [0.1, 0.15) is 15.3 Å². The van der Waals surface area contributed by atoms with Crippen molar-refractivity contribution in [2.75, 3.05) is 14.2 Å². The number of sulfonamides is 1. The Kier molecular flexibility index (Phi) is 5.19. The lowest BCUT2D eigenvalue weighted by Gasteiger charge is -2.30. The Balaban J connectivity index is 3.35. The first kappa shape index (κ1) is 18.1. The third-order valence-corrected chi connectivity index (χ3v) is 7.25. The molecule has 0 atom stereocenters. The van der Waals surface area contributed by atoms with E-state index in [0.29, 0.717) is 0 Å². The molecule has 0 aliphatic carbocycles. The van der Waals surface area contributed by atoms with E-state index in [1.807, 2.05) is 0 Å². The highest BCUT2D eigenvalue weighted by Crippen LogP contribution is 2.35. The maximum Gasteiger partial charge on any atom is 0.348 e. The first-order valence-electron chi connectivity index (χ1n) is 5.56. The van der Waals surface area contributed by atoms with Crippen molar-refractivity contribution in [1.29, 1.82) is 0 Å². The summed E-state index contributed by atoms with van der Waals surface area (Å²) in [6.07, 6.45) is 0. The molecule has 0 aromatic carbocycles. The van der Waals surface area contributed by atoms with E-state index in [9.17, 15) is 18.0 Å². The highest BCUT2D eigenvalue weighted by Gasteiger charge is 2.41. The number of methoxy groups -OCH3 is 1. The van der Waals surface area contributed by atoms with Crippen molar-refractivity contribution >= 4 is 49.2 Å². The van der Waals surface area contributed by atoms with Gasteiger partial charge in [-0.15, -0.1) is 11.3 Å². The Bertz CT molecular complexity index is 679. The number of halogens is 1. The molecule has 0 unspecified atom stereocenters. The van der Waals surface area contributed by atoms with Crippen LogP contribution in [-0.4, -0.2) is 49.5 Å². The van der Waals surface area contributed by atoms with Crippen molar-refractivity contribution < 1.29 is 27.9 Å². The Morgan fingerprint density at radius 2 is 1.95 bits per heavy atom. The van der Waals surface area contributed by atoms with Gasteiger partial charge in [-0.25, -0.2) is 13.2 Å². The average Bonchev–Trinajstić information content (AvgIpc) is 2.79. The fourth-order valence-electron chi connectivity index (χ4n) is 1.31. The minimum atomic E-state index is -4.09. The van der Waals surface area contributed by atoms with Gasteiger partial charge in [-0.3, -0.25) is 4.79 Å². The molecule has 0 aliphatic rings. The molecule has 0 radical (unpaired) electrons. The lowest BCUT2D eigenvalue weighted by molar-refractivity contribution is -0.145. The smallest absolute Gasteiger partial charge is 0.348 e. The van der Waals surface area contributed by atoms with E-state index in [4.69, 9.17) is 5.11 Å². The van der Waals surface area contributed by atoms with Gasteiger partial charge in [0.05, 0.1) is 10.9 Å². The standard InChI is InChI=1S/C11H14BrNO6S2/c1-11(2,10(15)16)13(3)21(17,18)7-5-6(9(14)19-4)20-8(7)12/h5H,1-4H3,(H,15,16). The second kappa shape index (κ2) is 6.03. The van der Waals surface area contributed by atoms with Crippen LogP contribution >= 0.6 is 27.3 Å². The van der Waals surface area contributed by atoms with Crippen LogP contribution in [0.25, 0.3) is 0 Å². The molecule has 1 aromatic heterocycles. The van der Waals surface area contributed by atoms with E-state index >= 15 is 0 Å². The molecule has 1 heterocycles. The highest BCUT2D eigenvalue weighted by molar-refractivity contribution is 9.11. The molecule has 1 rings (SSSR count). The van der Waals surface area contributed by atoms with Gasteiger partial charge in [0.15, 0.2) is 0 Å². The van der Waals surface area contributed by atoms with Gasteiger partial charge in [0.25, 0.3) is 0 Å². The van der Waals surface area contributed by atoms with Gasteiger partial charge in [0, 0.05) is 7.05 Å². The number of hydrogen-bond donors (Lipinski definition) is 1. The van der Waals surface area contributed by atoms with Crippen LogP contribution in [0.2, 0.25) is 0 Å². The predicted octanol–water partition coefficient (Wildman–Crippen LogP) is 1.78. The number of hydrogen-bond acceptors (Lipinski definition) is 6. The van der Waals surface area contributed by atoms with Crippen molar-refractivity contribution in [1.82, 2.24) is 4.31 Å². The minimum Gasteiger partial charge on any atom is -0.480 e. The number of carbonyl (C=O) groups excluding carboxylic acids is 1. The fraction of sp³-hybridized carbons (Fsp3) is 0.455.